The molecular formula is C16H33IN4O3S. The summed E-state index contributed by atoms with van der Waals surface area (Å²) in [6.45, 7) is 3.68. The number of nitrogens with zero attached hydrogens (tertiary/aromatic N) is 2. The summed E-state index contributed by atoms with van der Waals surface area (Å²) in [4.78, 5) is 4.29. The highest BCUT2D eigenvalue weighted by Crippen LogP contribution is 2.43. The molecule has 9 heteroatoms. The van der Waals surface area contributed by atoms with Crippen LogP contribution in [0.1, 0.15) is 32.1 Å². The second-order valence-corrected chi connectivity index (χ2v) is 9.16. The second kappa shape index (κ2) is 10.3. The Hall–Kier alpha value is -0.130. The summed E-state index contributed by atoms with van der Waals surface area (Å²) in [5.41, 5.74) is 0.341. The van der Waals surface area contributed by atoms with Crippen LogP contribution in [0.5, 0.6) is 0 Å². The van der Waals surface area contributed by atoms with Crippen LogP contribution in [0.2, 0.25) is 0 Å². The molecular weight excluding hydrogens is 455 g/mol. The van der Waals surface area contributed by atoms with Gasteiger partial charge in [-0.15, -0.1) is 24.0 Å². The lowest BCUT2D eigenvalue weighted by Crippen LogP contribution is -2.47. The predicted octanol–water partition coefficient (Wildman–Crippen LogP) is 1.26. The molecule has 148 valence electrons. The minimum atomic E-state index is -3.07. The van der Waals surface area contributed by atoms with Gasteiger partial charge in [-0.1, -0.05) is 6.42 Å². The molecule has 0 aromatic rings. The number of guanidine groups is 1. The molecule has 2 N–H and O–H groups in total. The second-order valence-electron chi connectivity index (χ2n) is 7.18. The zero-order chi connectivity index (χ0) is 17.6. The van der Waals surface area contributed by atoms with Crippen molar-refractivity contribution in [3.05, 3.63) is 0 Å². The largest absolute Gasteiger partial charge is 0.385 e. The van der Waals surface area contributed by atoms with E-state index in [4.69, 9.17) is 4.74 Å². The first kappa shape index (κ1) is 22.9. The Kier molecular flexibility index (Phi) is 9.41. The van der Waals surface area contributed by atoms with Crippen molar-refractivity contribution < 1.29 is 13.2 Å². The van der Waals surface area contributed by atoms with Crippen LogP contribution in [-0.2, 0) is 14.8 Å². The van der Waals surface area contributed by atoms with E-state index in [1.54, 1.807) is 18.5 Å². The SMILES string of the molecule is CN=C(NCC1CCN(S(C)(=O)=O)C1)NCC1(CCOC)CCC1.I. The van der Waals surface area contributed by atoms with Crippen LogP contribution in [0.25, 0.3) is 0 Å². The van der Waals surface area contributed by atoms with Crippen LogP contribution in [0.4, 0.5) is 0 Å². The molecule has 1 unspecified atom stereocenters. The van der Waals surface area contributed by atoms with Gasteiger partial charge in [0.15, 0.2) is 5.96 Å². The Labute approximate surface area is 169 Å². The Morgan fingerprint density at radius 1 is 1.36 bits per heavy atom. The molecule has 25 heavy (non-hydrogen) atoms. The third-order valence-corrected chi connectivity index (χ3v) is 6.65. The zero-order valence-electron chi connectivity index (χ0n) is 15.6. The summed E-state index contributed by atoms with van der Waals surface area (Å²) in [7, 11) is 0.459. The Balaban J connectivity index is 0.00000312. The lowest BCUT2D eigenvalue weighted by Gasteiger charge is -2.42. The number of ether oxygens (including phenoxy) is 1. The molecule has 2 rings (SSSR count). The summed E-state index contributed by atoms with van der Waals surface area (Å²) in [6.07, 6.45) is 7.04. The summed E-state index contributed by atoms with van der Waals surface area (Å²) < 4.78 is 29.9. The van der Waals surface area contributed by atoms with E-state index in [1.807, 2.05) is 0 Å². The van der Waals surface area contributed by atoms with E-state index in [1.165, 1.54) is 25.5 Å². The van der Waals surface area contributed by atoms with E-state index in [-0.39, 0.29) is 24.0 Å². The maximum absolute atomic E-state index is 11.6. The van der Waals surface area contributed by atoms with Crippen LogP contribution in [-0.4, -0.2) is 71.9 Å². The van der Waals surface area contributed by atoms with Crippen LogP contribution < -0.4 is 10.6 Å². The molecule has 0 radical (unpaired) electrons. The summed E-state index contributed by atoms with van der Waals surface area (Å²) in [5.74, 6) is 1.14. The first-order valence-electron chi connectivity index (χ1n) is 8.77. The fourth-order valence-electron chi connectivity index (χ4n) is 3.51. The van der Waals surface area contributed by atoms with Crippen molar-refractivity contribution in [2.24, 2.45) is 16.3 Å². The van der Waals surface area contributed by atoms with Crippen molar-refractivity contribution >= 4 is 40.0 Å². The average Bonchev–Trinajstić information content (AvgIpc) is 2.97. The van der Waals surface area contributed by atoms with Crippen molar-refractivity contribution in [3.8, 4) is 0 Å². The Bertz CT molecular complexity index is 537. The van der Waals surface area contributed by atoms with Gasteiger partial charge in [0, 0.05) is 46.9 Å². The number of methoxy groups -OCH3 is 1. The average molecular weight is 488 g/mol. The highest BCUT2D eigenvalue weighted by molar-refractivity contribution is 14.0. The van der Waals surface area contributed by atoms with E-state index in [0.717, 1.165) is 38.5 Å². The number of halogens is 1. The third kappa shape index (κ3) is 6.84. The van der Waals surface area contributed by atoms with Crippen molar-refractivity contribution in [3.63, 3.8) is 0 Å². The number of hydrogen-bond donors (Lipinski definition) is 2. The number of rotatable bonds is 8. The van der Waals surface area contributed by atoms with Gasteiger partial charge in [-0.25, -0.2) is 12.7 Å². The molecule has 2 fully saturated rings. The summed E-state index contributed by atoms with van der Waals surface area (Å²) >= 11 is 0. The van der Waals surface area contributed by atoms with E-state index >= 15 is 0 Å². The van der Waals surface area contributed by atoms with Crippen LogP contribution in [0, 0.1) is 11.3 Å². The van der Waals surface area contributed by atoms with E-state index in [0.29, 0.717) is 24.4 Å². The molecule has 0 bridgehead atoms. The first-order valence-corrected chi connectivity index (χ1v) is 10.6. The van der Waals surface area contributed by atoms with E-state index in [9.17, 15) is 8.42 Å². The van der Waals surface area contributed by atoms with Crippen LogP contribution in [0.3, 0.4) is 0 Å². The maximum Gasteiger partial charge on any atom is 0.211 e. The van der Waals surface area contributed by atoms with Gasteiger partial charge in [0.1, 0.15) is 0 Å². The standard InChI is InChI=1S/C16H32N4O3S.HI/c1-17-15(19-13-16(6-4-7-16)8-10-23-2)18-11-14-5-9-20(12-14)24(3,21)22;/h14H,4-13H2,1-3H3,(H2,17,18,19);1H. The Morgan fingerprint density at radius 3 is 2.56 bits per heavy atom. The Morgan fingerprint density at radius 2 is 2.08 bits per heavy atom. The molecule has 1 aliphatic heterocycles. The molecule has 0 amide bonds. The van der Waals surface area contributed by atoms with E-state index < -0.39 is 10.0 Å². The van der Waals surface area contributed by atoms with Gasteiger partial charge < -0.3 is 15.4 Å². The first-order chi connectivity index (χ1) is 11.4. The fourth-order valence-corrected chi connectivity index (χ4v) is 4.43. The molecule has 2 aliphatic rings. The minimum Gasteiger partial charge on any atom is -0.385 e. The topological polar surface area (TPSA) is 83.0 Å². The van der Waals surface area contributed by atoms with Gasteiger partial charge in [-0.3, -0.25) is 4.99 Å². The highest BCUT2D eigenvalue weighted by Gasteiger charge is 2.36. The number of hydrogen-bond acceptors (Lipinski definition) is 4. The molecule has 1 saturated carbocycles. The molecule has 0 aromatic heterocycles. The van der Waals surface area contributed by atoms with Crippen molar-refractivity contribution in [1.82, 2.24) is 14.9 Å². The number of sulfonamides is 1. The molecule has 1 aliphatic carbocycles. The quantitative estimate of drug-likeness (QED) is 0.306. The van der Waals surface area contributed by atoms with Gasteiger partial charge in [0.25, 0.3) is 0 Å². The third-order valence-electron chi connectivity index (χ3n) is 5.38. The van der Waals surface area contributed by atoms with Crippen molar-refractivity contribution in [1.29, 1.82) is 0 Å². The van der Waals surface area contributed by atoms with Gasteiger partial charge >= 0.3 is 0 Å². The number of nitrogens with one attached hydrogen (secondary N) is 2. The van der Waals surface area contributed by atoms with Crippen LogP contribution in [0.15, 0.2) is 4.99 Å². The normalized spacial score (nSPS) is 23.6. The molecule has 0 aromatic carbocycles. The van der Waals surface area contributed by atoms with Gasteiger partial charge in [-0.2, -0.15) is 0 Å². The predicted molar refractivity (Wildman–Crippen MR) is 112 cm³/mol. The smallest absolute Gasteiger partial charge is 0.211 e. The number of aliphatic imine (C=N–C) groups is 1. The van der Waals surface area contributed by atoms with E-state index in [2.05, 4.69) is 15.6 Å². The maximum atomic E-state index is 11.6. The minimum absolute atomic E-state index is 0. The fraction of sp³-hybridized carbons (Fsp3) is 0.938. The lowest BCUT2D eigenvalue weighted by molar-refractivity contribution is 0.0732. The van der Waals surface area contributed by atoms with Crippen molar-refractivity contribution in [2.75, 3.05) is 53.2 Å². The molecule has 0 spiro atoms. The van der Waals surface area contributed by atoms with Crippen molar-refractivity contribution in [2.45, 2.75) is 32.1 Å². The molecule has 1 saturated heterocycles. The summed E-state index contributed by atoms with van der Waals surface area (Å²) in [5, 5.41) is 6.78. The van der Waals surface area contributed by atoms with Crippen LogP contribution >= 0.6 is 24.0 Å². The summed E-state index contributed by atoms with van der Waals surface area (Å²) in [6, 6.07) is 0. The lowest BCUT2D eigenvalue weighted by atomic mass is 9.67. The van der Waals surface area contributed by atoms with Gasteiger partial charge in [0.05, 0.1) is 6.26 Å². The van der Waals surface area contributed by atoms with Gasteiger partial charge in [0.2, 0.25) is 10.0 Å². The molecule has 1 atom stereocenters. The monoisotopic (exact) mass is 488 g/mol. The molecule has 1 heterocycles. The van der Waals surface area contributed by atoms with Gasteiger partial charge in [-0.05, 0) is 37.0 Å². The molecule has 7 nitrogen and oxygen atoms in total. The highest BCUT2D eigenvalue weighted by atomic mass is 127. The zero-order valence-corrected chi connectivity index (χ0v) is 18.7.